The fourth-order valence-corrected chi connectivity index (χ4v) is 3.23. The zero-order valence-corrected chi connectivity index (χ0v) is 16.7. The minimum Gasteiger partial charge on any atom is -0.493 e. The van der Waals surface area contributed by atoms with Gasteiger partial charge in [-0.15, -0.1) is 0 Å². The lowest BCUT2D eigenvalue weighted by atomic mass is 10.0. The van der Waals surface area contributed by atoms with Gasteiger partial charge in [-0.25, -0.2) is 4.79 Å². The number of esters is 1. The lowest BCUT2D eigenvalue weighted by molar-refractivity contribution is -0.133. The summed E-state index contributed by atoms with van der Waals surface area (Å²) in [5.41, 5.74) is 1.23. The van der Waals surface area contributed by atoms with E-state index in [0.717, 1.165) is 31.4 Å². The van der Waals surface area contributed by atoms with Gasteiger partial charge in [0.1, 0.15) is 5.76 Å². The Kier molecular flexibility index (Phi) is 6.94. The van der Waals surface area contributed by atoms with Gasteiger partial charge in [0.25, 0.3) is 5.91 Å². The summed E-state index contributed by atoms with van der Waals surface area (Å²) in [5, 5.41) is 0. The van der Waals surface area contributed by atoms with Gasteiger partial charge in [0, 0.05) is 5.70 Å². The lowest BCUT2D eigenvalue weighted by Gasteiger charge is -2.27. The summed E-state index contributed by atoms with van der Waals surface area (Å²) in [4.78, 5) is 26.9. The van der Waals surface area contributed by atoms with Gasteiger partial charge in [-0.3, -0.25) is 4.79 Å². The second kappa shape index (κ2) is 9.82. The molecule has 3 rings (SSSR count). The van der Waals surface area contributed by atoms with E-state index in [0.29, 0.717) is 23.8 Å². The molecule has 0 spiro atoms. The molecule has 0 saturated heterocycles. The van der Waals surface area contributed by atoms with E-state index in [4.69, 9.17) is 18.6 Å². The number of allylic oxidation sites excluding steroid dienone is 2. The maximum absolute atomic E-state index is 12.8. The van der Waals surface area contributed by atoms with E-state index in [1.54, 1.807) is 29.4 Å². The van der Waals surface area contributed by atoms with Crippen LogP contribution in [0, 0.1) is 0 Å². The third kappa shape index (κ3) is 5.19. The van der Waals surface area contributed by atoms with Crippen LogP contribution in [0.1, 0.15) is 41.8 Å². The van der Waals surface area contributed by atoms with Crippen LogP contribution in [0.15, 0.2) is 52.8 Å². The first-order valence-corrected chi connectivity index (χ1v) is 9.53. The average molecular weight is 399 g/mol. The monoisotopic (exact) mass is 399 g/mol. The fourth-order valence-electron chi connectivity index (χ4n) is 3.23. The molecule has 1 aromatic carbocycles. The highest BCUT2D eigenvalue weighted by molar-refractivity contribution is 5.92. The molecule has 1 aliphatic rings. The van der Waals surface area contributed by atoms with Crippen molar-refractivity contribution < 1.29 is 28.2 Å². The van der Waals surface area contributed by atoms with Crippen molar-refractivity contribution in [1.29, 1.82) is 0 Å². The molecule has 154 valence electrons. The molecule has 0 aliphatic heterocycles. The van der Waals surface area contributed by atoms with Gasteiger partial charge in [0.2, 0.25) is 0 Å². The molecular formula is C22H25NO6. The van der Waals surface area contributed by atoms with Crippen LogP contribution in [0.5, 0.6) is 11.5 Å². The van der Waals surface area contributed by atoms with Gasteiger partial charge < -0.3 is 23.5 Å². The number of hydrogen-bond acceptors (Lipinski definition) is 6. The fraction of sp³-hybridized carbons (Fsp3) is 0.364. The number of ether oxygens (including phenoxy) is 3. The zero-order valence-electron chi connectivity index (χ0n) is 16.7. The molecule has 2 aromatic rings. The second-order valence-corrected chi connectivity index (χ2v) is 6.65. The molecule has 1 heterocycles. The van der Waals surface area contributed by atoms with Gasteiger partial charge in [-0.05, 0) is 56.0 Å². The van der Waals surface area contributed by atoms with Gasteiger partial charge >= 0.3 is 5.97 Å². The van der Waals surface area contributed by atoms with Gasteiger partial charge in [-0.2, -0.15) is 0 Å². The largest absolute Gasteiger partial charge is 0.493 e. The minimum absolute atomic E-state index is 0.282. The number of carbonyl (C=O) groups is 2. The number of methoxy groups -OCH3 is 2. The number of hydrogen-bond donors (Lipinski definition) is 0. The van der Waals surface area contributed by atoms with Crippen LogP contribution in [0.4, 0.5) is 0 Å². The van der Waals surface area contributed by atoms with Crippen molar-refractivity contribution in [3.05, 3.63) is 59.7 Å². The number of furan rings is 1. The first-order chi connectivity index (χ1) is 14.1. The van der Waals surface area contributed by atoms with Crippen LogP contribution in [-0.4, -0.2) is 37.6 Å². The van der Waals surface area contributed by atoms with Crippen molar-refractivity contribution in [3.63, 3.8) is 0 Å². The van der Waals surface area contributed by atoms with Crippen molar-refractivity contribution in [3.8, 4) is 11.5 Å². The molecule has 0 fully saturated rings. The van der Waals surface area contributed by atoms with Crippen LogP contribution >= 0.6 is 0 Å². The average Bonchev–Trinajstić information content (AvgIpc) is 3.29. The summed E-state index contributed by atoms with van der Waals surface area (Å²) in [6.07, 6.45) is 7.53. The summed E-state index contributed by atoms with van der Waals surface area (Å²) >= 11 is 0. The number of amides is 1. The molecule has 0 atom stereocenters. The van der Waals surface area contributed by atoms with Crippen molar-refractivity contribution in [2.45, 2.75) is 32.2 Å². The molecule has 29 heavy (non-hydrogen) atoms. The lowest BCUT2D eigenvalue weighted by Crippen LogP contribution is -2.34. The van der Waals surface area contributed by atoms with Crippen molar-refractivity contribution in [1.82, 2.24) is 4.90 Å². The molecule has 7 heteroatoms. The first kappa shape index (κ1) is 20.5. The smallest absolute Gasteiger partial charge is 0.338 e. The quantitative estimate of drug-likeness (QED) is 0.626. The number of benzene rings is 1. The summed E-state index contributed by atoms with van der Waals surface area (Å²) in [6, 6.07) is 8.31. The Morgan fingerprint density at radius 3 is 2.59 bits per heavy atom. The highest BCUT2D eigenvalue weighted by Crippen LogP contribution is 2.28. The van der Waals surface area contributed by atoms with Crippen molar-refractivity contribution in [2.75, 3.05) is 20.8 Å². The molecule has 0 radical (unpaired) electrons. The molecule has 0 saturated carbocycles. The predicted molar refractivity (Wildman–Crippen MR) is 106 cm³/mol. The van der Waals surface area contributed by atoms with Crippen LogP contribution in [0.25, 0.3) is 0 Å². The zero-order chi connectivity index (χ0) is 20.6. The molecule has 1 aromatic heterocycles. The normalized spacial score (nSPS) is 13.4. The Morgan fingerprint density at radius 1 is 1.10 bits per heavy atom. The molecular weight excluding hydrogens is 374 g/mol. The topological polar surface area (TPSA) is 78.2 Å². The van der Waals surface area contributed by atoms with Gasteiger partial charge in [0.05, 0.1) is 32.6 Å². The van der Waals surface area contributed by atoms with Gasteiger partial charge in [-0.1, -0.05) is 6.08 Å². The second-order valence-electron chi connectivity index (χ2n) is 6.65. The summed E-state index contributed by atoms with van der Waals surface area (Å²) in [7, 11) is 3.00. The van der Waals surface area contributed by atoms with Crippen molar-refractivity contribution in [2.24, 2.45) is 0 Å². The Balaban J connectivity index is 1.67. The van der Waals surface area contributed by atoms with E-state index < -0.39 is 5.97 Å². The molecule has 0 unspecified atom stereocenters. The van der Waals surface area contributed by atoms with E-state index in [1.165, 1.54) is 20.3 Å². The third-order valence-corrected chi connectivity index (χ3v) is 4.75. The van der Waals surface area contributed by atoms with E-state index in [1.807, 2.05) is 6.07 Å². The van der Waals surface area contributed by atoms with E-state index in [-0.39, 0.29) is 18.1 Å². The van der Waals surface area contributed by atoms with Crippen LogP contribution < -0.4 is 9.47 Å². The van der Waals surface area contributed by atoms with E-state index in [9.17, 15) is 9.59 Å². The Morgan fingerprint density at radius 2 is 1.93 bits per heavy atom. The minimum atomic E-state index is -0.602. The summed E-state index contributed by atoms with van der Waals surface area (Å²) in [5.74, 6) is 0.711. The first-order valence-electron chi connectivity index (χ1n) is 9.53. The van der Waals surface area contributed by atoms with Crippen LogP contribution in [0.2, 0.25) is 0 Å². The predicted octanol–water partition coefficient (Wildman–Crippen LogP) is 3.94. The Hall–Kier alpha value is -3.22. The highest BCUT2D eigenvalue weighted by Gasteiger charge is 2.23. The number of nitrogens with zero attached hydrogens (tertiary/aromatic N) is 1. The van der Waals surface area contributed by atoms with E-state index in [2.05, 4.69) is 6.08 Å². The molecule has 7 nitrogen and oxygen atoms in total. The third-order valence-electron chi connectivity index (χ3n) is 4.75. The number of carbonyl (C=O) groups excluding carboxylic acids is 2. The van der Waals surface area contributed by atoms with Gasteiger partial charge in [0.15, 0.2) is 18.1 Å². The SMILES string of the molecule is COc1ccc(C(=O)OCC(=O)N(Cc2ccco2)C2=CCCCC2)cc1OC. The molecule has 0 N–H and O–H groups in total. The maximum Gasteiger partial charge on any atom is 0.338 e. The Labute approximate surface area is 169 Å². The highest BCUT2D eigenvalue weighted by atomic mass is 16.5. The standard InChI is InChI=1S/C22H25NO6/c1-26-19-11-10-16(13-20(19)27-2)22(25)29-15-21(24)23(14-18-9-6-12-28-18)17-7-4-3-5-8-17/h6-7,9-13H,3-5,8,14-15H2,1-2H3. The summed E-state index contributed by atoms with van der Waals surface area (Å²) < 4.78 is 21.0. The molecule has 0 bridgehead atoms. The number of rotatable bonds is 8. The van der Waals surface area contributed by atoms with Crippen molar-refractivity contribution >= 4 is 11.9 Å². The summed E-state index contributed by atoms with van der Waals surface area (Å²) in [6.45, 7) is -0.0448. The van der Waals surface area contributed by atoms with Crippen LogP contribution in [0.3, 0.4) is 0 Å². The maximum atomic E-state index is 12.8. The molecule has 1 amide bonds. The van der Waals surface area contributed by atoms with E-state index >= 15 is 0 Å². The molecule has 1 aliphatic carbocycles. The van der Waals surface area contributed by atoms with Crippen LogP contribution in [-0.2, 0) is 16.1 Å². The Bertz CT molecular complexity index is 871.